The Balaban J connectivity index is -0.000000107. The van der Waals surface area contributed by atoms with Gasteiger partial charge in [-0.05, 0) is 0 Å². The average molecular weight is 447 g/mol. The Labute approximate surface area is 84.5 Å². The first-order chi connectivity index (χ1) is 4.00. The summed E-state index contributed by atoms with van der Waals surface area (Å²) in [4.78, 5) is 0. The maximum absolute atomic E-state index is 8.58. The van der Waals surface area contributed by atoms with Gasteiger partial charge in [-0.2, -0.15) is 0 Å². The Morgan fingerprint density at radius 2 is 0.636 bits per heavy atom. The van der Waals surface area contributed by atoms with E-state index in [9.17, 15) is 0 Å². The number of rotatable bonds is 0. The molecule has 8 nitrogen and oxygen atoms in total. The van der Waals surface area contributed by atoms with Crippen LogP contribution in [0, 0.1) is 0 Å². The summed E-state index contributed by atoms with van der Waals surface area (Å²) in [6, 6.07) is 0. The van der Waals surface area contributed by atoms with Gasteiger partial charge in [0.2, 0.25) is 0 Å². The van der Waals surface area contributed by atoms with Gasteiger partial charge in [-0.25, -0.2) is 0 Å². The standard InChI is InChI=1S/Bi.2Mn.8O/q;;;;;;;4*-1. The van der Waals surface area contributed by atoms with Crippen molar-refractivity contribution in [2.75, 3.05) is 0 Å². The molecular weight excluding hydrogens is 447 g/mol. The molecule has 0 aromatic carbocycles. The van der Waals surface area contributed by atoms with Crippen LogP contribution >= 0.6 is 0 Å². The fourth-order valence-corrected chi connectivity index (χ4v) is 0. The topological polar surface area (TPSA) is 161 Å². The Morgan fingerprint density at radius 1 is 0.636 bits per heavy atom. The van der Waals surface area contributed by atoms with Gasteiger partial charge in [-0.15, -0.1) is 0 Å². The van der Waals surface area contributed by atoms with Crippen LogP contribution in [-0.2, 0) is 42.1 Å². The Bertz CT molecular complexity index is 208. The molecule has 0 bridgehead atoms. The molecule has 0 aromatic heterocycles. The maximum atomic E-state index is 8.58. The first kappa shape index (κ1) is 17.9. The van der Waals surface area contributed by atoms with Crippen LogP contribution < -0.4 is 16.8 Å². The molecule has 3 radical (unpaired) electrons. The van der Waals surface area contributed by atoms with Crippen LogP contribution in [0.3, 0.4) is 0 Å². The van der Waals surface area contributed by atoms with Crippen LogP contribution in [0.25, 0.3) is 0 Å². The average Bonchev–Trinajstić information content (AvgIpc) is 1.12. The van der Waals surface area contributed by atoms with Crippen LogP contribution in [0.1, 0.15) is 0 Å². The zero-order valence-corrected chi connectivity index (χ0v) is 10.3. The monoisotopic (exact) mass is 447 g/mol. The Kier molecular flexibility index (Phi) is 10.5. The van der Waals surface area contributed by atoms with Crippen LogP contribution in [0.2, 0.25) is 0 Å². The molecule has 0 aromatic rings. The van der Waals surface area contributed by atoms with Crippen LogP contribution in [0.4, 0.5) is 0 Å². The molecule has 0 aliphatic heterocycles. The van der Waals surface area contributed by atoms with Crippen LogP contribution in [0.15, 0.2) is 0 Å². The van der Waals surface area contributed by atoms with Crippen molar-refractivity contribution in [2.24, 2.45) is 0 Å². The molecule has 0 aliphatic rings. The van der Waals surface area contributed by atoms with E-state index in [1.54, 1.807) is 0 Å². The van der Waals surface area contributed by atoms with Gasteiger partial charge in [0.1, 0.15) is 0 Å². The van der Waals surface area contributed by atoms with Crippen molar-refractivity contribution in [1.82, 2.24) is 0 Å². The number of hydrogen-bond donors (Lipinski definition) is 0. The van der Waals surface area contributed by atoms with E-state index in [4.69, 9.17) is 32.1 Å². The predicted molar refractivity (Wildman–Crippen MR) is 8.50 cm³/mol. The molecule has 11 heteroatoms. The van der Waals surface area contributed by atoms with Crippen molar-refractivity contribution in [3.8, 4) is 0 Å². The molecule has 0 atom stereocenters. The summed E-state index contributed by atoms with van der Waals surface area (Å²) in [5.74, 6) is 0. The summed E-state index contributed by atoms with van der Waals surface area (Å²) in [6.45, 7) is 0. The van der Waals surface area contributed by atoms with Gasteiger partial charge in [-0.3, -0.25) is 0 Å². The van der Waals surface area contributed by atoms with Crippen molar-refractivity contribution in [3.63, 3.8) is 0 Å². The van der Waals surface area contributed by atoms with Gasteiger partial charge in [0.15, 0.2) is 0 Å². The summed E-state index contributed by atoms with van der Waals surface area (Å²) < 4.78 is 68.6. The van der Waals surface area contributed by atoms with Gasteiger partial charge in [0.25, 0.3) is 0 Å². The third-order valence-electron chi connectivity index (χ3n) is 0. The van der Waals surface area contributed by atoms with E-state index in [1.807, 2.05) is 0 Å². The van der Waals surface area contributed by atoms with Crippen molar-refractivity contribution < 1.29 is 58.8 Å². The molecule has 0 unspecified atom stereocenters. The molecule has 11 heavy (non-hydrogen) atoms. The molecule has 0 fully saturated rings. The van der Waals surface area contributed by atoms with E-state index < -0.39 is 26.7 Å². The fourth-order valence-electron chi connectivity index (χ4n) is 0. The first-order valence-corrected chi connectivity index (χ1v) is 5.09. The Hall–Kier alpha value is 0.962. The molecule has 0 spiro atoms. The minimum atomic E-state index is -5.62. The molecule has 0 saturated heterocycles. The summed E-state index contributed by atoms with van der Waals surface area (Å²) in [5.41, 5.74) is 0. The van der Waals surface area contributed by atoms with E-state index in [1.165, 1.54) is 0 Å². The summed E-state index contributed by atoms with van der Waals surface area (Å²) >= 11 is -11.2. The molecule has 0 N–H and O–H groups in total. The van der Waals surface area contributed by atoms with Crippen LogP contribution in [-0.4, -0.2) is 26.2 Å². The van der Waals surface area contributed by atoms with Gasteiger partial charge in [0.05, 0.1) is 0 Å². The molecule has 0 amide bonds. The molecule has 0 saturated carbocycles. The summed E-state index contributed by atoms with van der Waals surface area (Å²) in [7, 11) is 0. The molecule has 0 rings (SSSR count). The zero-order valence-electron chi connectivity index (χ0n) is 4.47. The van der Waals surface area contributed by atoms with Gasteiger partial charge in [-0.1, -0.05) is 0 Å². The normalized spacial score (nSPS) is 10.5. The molecule has 0 heterocycles. The van der Waals surface area contributed by atoms with Gasteiger partial charge < -0.3 is 0 Å². The second-order valence-corrected chi connectivity index (χ2v) is 3.12. The van der Waals surface area contributed by atoms with E-state index in [0.717, 1.165) is 0 Å². The predicted octanol–water partition coefficient (Wildman–Crippen LogP) is -5.62. The third kappa shape index (κ3) is 951. The third-order valence-corrected chi connectivity index (χ3v) is 0. The van der Waals surface area contributed by atoms with Crippen molar-refractivity contribution >= 4 is 26.2 Å². The quantitative estimate of drug-likeness (QED) is 0.333. The zero-order chi connectivity index (χ0) is 9.00. The van der Waals surface area contributed by atoms with E-state index in [2.05, 4.69) is 0 Å². The molecule has 71 valence electrons. The fraction of sp³-hybridized carbons (Fsp3) is 0. The summed E-state index contributed by atoms with van der Waals surface area (Å²) in [5, 5.41) is 0. The second kappa shape index (κ2) is 6.48. The van der Waals surface area contributed by atoms with Crippen molar-refractivity contribution in [1.29, 1.82) is 0 Å². The van der Waals surface area contributed by atoms with Crippen molar-refractivity contribution in [3.05, 3.63) is 0 Å². The molecular formula is BiMn2O8-4. The first-order valence-electron chi connectivity index (χ1n) is 1.23. The SMILES string of the molecule is [Bi].[O]=[Mn](=[O])([O-])[O-].[O]=[Mn](=[O])([O-])[O-]. The van der Waals surface area contributed by atoms with Gasteiger partial charge in [0, 0.05) is 26.2 Å². The minimum absolute atomic E-state index is 0. The van der Waals surface area contributed by atoms with Crippen molar-refractivity contribution in [2.45, 2.75) is 0 Å². The van der Waals surface area contributed by atoms with E-state index in [-0.39, 0.29) is 26.2 Å². The van der Waals surface area contributed by atoms with Gasteiger partial charge >= 0.3 is 58.8 Å². The number of hydrogen-bond acceptors (Lipinski definition) is 8. The van der Waals surface area contributed by atoms with E-state index in [0.29, 0.717) is 0 Å². The second-order valence-electron chi connectivity index (χ2n) is 0.756. The summed E-state index contributed by atoms with van der Waals surface area (Å²) in [6.07, 6.45) is 0. The Morgan fingerprint density at radius 3 is 0.636 bits per heavy atom. The van der Waals surface area contributed by atoms with E-state index >= 15 is 0 Å². The van der Waals surface area contributed by atoms with Crippen LogP contribution in [0.5, 0.6) is 0 Å². The molecule has 0 aliphatic carbocycles.